The summed E-state index contributed by atoms with van der Waals surface area (Å²) in [5.41, 5.74) is 4.61. The lowest BCUT2D eigenvalue weighted by Gasteiger charge is -2.31. The summed E-state index contributed by atoms with van der Waals surface area (Å²) in [6.45, 7) is 4.88. The molecule has 2 aliphatic heterocycles. The van der Waals surface area contributed by atoms with Gasteiger partial charge in [0.25, 0.3) is 5.91 Å². The van der Waals surface area contributed by atoms with Gasteiger partial charge < -0.3 is 19.4 Å². The van der Waals surface area contributed by atoms with E-state index in [2.05, 4.69) is 39.0 Å². The van der Waals surface area contributed by atoms with E-state index in [1.807, 2.05) is 48.7 Å². The van der Waals surface area contributed by atoms with E-state index in [0.29, 0.717) is 28.2 Å². The summed E-state index contributed by atoms with van der Waals surface area (Å²) in [7, 11) is 0. The van der Waals surface area contributed by atoms with E-state index in [1.165, 1.54) is 0 Å². The number of ether oxygens (including phenoxy) is 2. The fourth-order valence-corrected chi connectivity index (χ4v) is 5.63. The van der Waals surface area contributed by atoms with Crippen molar-refractivity contribution in [3.05, 3.63) is 105 Å². The minimum Gasteiger partial charge on any atom is -0.489 e. The quantitative estimate of drug-likeness (QED) is 0.312. The molecule has 1 fully saturated rings. The first-order valence-corrected chi connectivity index (χ1v) is 13.6. The topological polar surface area (TPSA) is 55.7 Å². The number of aromatic nitrogens is 1. The summed E-state index contributed by atoms with van der Waals surface area (Å²) < 4.78 is 14.6. The second kappa shape index (κ2) is 10.9. The standard InChI is InChI=1S/C30H28ClN3O3S/c31-23-8-6-20(7-9-23)16-32-30(35)25-18-34-26(22-4-2-1-3-5-22)19-37-27-15-21(14-24(28(27)34)29(25)38)17-33-10-12-36-13-11-33/h1-9,14-15,18,26H,10-13,16-17,19H2,(H,32,35). The van der Waals surface area contributed by atoms with Crippen molar-refractivity contribution in [3.63, 3.8) is 0 Å². The van der Waals surface area contributed by atoms with Crippen LogP contribution in [0.25, 0.3) is 10.9 Å². The molecule has 194 valence electrons. The lowest BCUT2D eigenvalue weighted by molar-refractivity contribution is 0.0342. The second-order valence-electron chi connectivity index (χ2n) is 9.70. The molecule has 3 heterocycles. The van der Waals surface area contributed by atoms with E-state index in [1.54, 1.807) is 0 Å². The first-order valence-electron chi connectivity index (χ1n) is 12.8. The third-order valence-electron chi connectivity index (χ3n) is 7.19. The summed E-state index contributed by atoms with van der Waals surface area (Å²) in [4.78, 5) is 15.9. The second-order valence-corrected chi connectivity index (χ2v) is 10.5. The van der Waals surface area contributed by atoms with Crippen LogP contribution in [0, 0.1) is 4.51 Å². The number of halogens is 1. The third-order valence-corrected chi connectivity index (χ3v) is 7.88. The summed E-state index contributed by atoms with van der Waals surface area (Å²) in [6, 6.07) is 21.8. The van der Waals surface area contributed by atoms with Crippen molar-refractivity contribution in [2.75, 3.05) is 32.9 Å². The molecule has 1 atom stereocenters. The van der Waals surface area contributed by atoms with E-state index >= 15 is 0 Å². The van der Waals surface area contributed by atoms with Crippen LogP contribution < -0.4 is 10.1 Å². The van der Waals surface area contributed by atoms with Gasteiger partial charge >= 0.3 is 0 Å². The molecule has 1 aromatic heterocycles. The van der Waals surface area contributed by atoms with Crippen LogP contribution in [0.3, 0.4) is 0 Å². The molecular formula is C30H28ClN3O3S. The summed E-state index contributed by atoms with van der Waals surface area (Å²) in [5.74, 6) is 0.603. The zero-order chi connectivity index (χ0) is 26.1. The molecule has 1 unspecified atom stereocenters. The Bertz CT molecular complexity index is 1530. The van der Waals surface area contributed by atoms with Gasteiger partial charge in [0.2, 0.25) is 0 Å². The van der Waals surface area contributed by atoms with Crippen LogP contribution >= 0.6 is 23.8 Å². The molecule has 8 heteroatoms. The van der Waals surface area contributed by atoms with Gasteiger partial charge in [0.05, 0.1) is 34.8 Å². The van der Waals surface area contributed by atoms with Crippen LogP contribution in [0.1, 0.15) is 33.1 Å². The smallest absolute Gasteiger partial charge is 0.254 e. The first-order chi connectivity index (χ1) is 18.6. The van der Waals surface area contributed by atoms with Gasteiger partial charge in [-0.3, -0.25) is 9.69 Å². The zero-order valence-electron chi connectivity index (χ0n) is 20.9. The van der Waals surface area contributed by atoms with Crippen molar-refractivity contribution in [2.45, 2.75) is 19.1 Å². The van der Waals surface area contributed by atoms with Gasteiger partial charge in [-0.15, -0.1) is 0 Å². The average molecular weight is 546 g/mol. The molecule has 0 spiro atoms. The minimum atomic E-state index is -0.200. The largest absolute Gasteiger partial charge is 0.489 e. The van der Waals surface area contributed by atoms with Crippen LogP contribution in [0.4, 0.5) is 0 Å². The number of amides is 1. The summed E-state index contributed by atoms with van der Waals surface area (Å²) >= 11 is 12.0. The number of hydrogen-bond donors (Lipinski definition) is 1. The minimum absolute atomic E-state index is 0.0743. The normalized spacial score (nSPS) is 17.2. The van der Waals surface area contributed by atoms with Crippen LogP contribution in [0.5, 0.6) is 5.75 Å². The SMILES string of the molecule is O=C(NCc1ccc(Cl)cc1)c1cn2c3c(cc(CN4CCOCC4)cc3c1=S)OCC2c1ccccc1. The predicted octanol–water partition coefficient (Wildman–Crippen LogP) is 5.77. The number of nitrogens with zero attached hydrogens (tertiary/aromatic N) is 2. The van der Waals surface area contributed by atoms with E-state index in [0.717, 1.165) is 66.2 Å². The molecule has 2 aliphatic rings. The summed E-state index contributed by atoms with van der Waals surface area (Å²) in [6.07, 6.45) is 1.90. The van der Waals surface area contributed by atoms with Crippen LogP contribution in [0.2, 0.25) is 5.02 Å². The average Bonchev–Trinajstić information content (AvgIpc) is 2.95. The van der Waals surface area contributed by atoms with Gasteiger partial charge in [-0.1, -0.05) is 66.3 Å². The van der Waals surface area contributed by atoms with Crippen molar-refractivity contribution in [1.29, 1.82) is 0 Å². The van der Waals surface area contributed by atoms with Gasteiger partial charge in [-0.05, 0) is 41.0 Å². The van der Waals surface area contributed by atoms with Gasteiger partial charge in [0, 0.05) is 42.8 Å². The molecule has 6 rings (SSSR count). The van der Waals surface area contributed by atoms with E-state index in [4.69, 9.17) is 33.3 Å². The van der Waals surface area contributed by atoms with Crippen molar-refractivity contribution >= 4 is 40.6 Å². The molecule has 3 aromatic carbocycles. The third kappa shape index (κ3) is 5.07. The maximum Gasteiger partial charge on any atom is 0.254 e. The van der Waals surface area contributed by atoms with Crippen LogP contribution in [-0.4, -0.2) is 48.3 Å². The van der Waals surface area contributed by atoms with Gasteiger partial charge in [-0.2, -0.15) is 0 Å². The summed E-state index contributed by atoms with van der Waals surface area (Å²) in [5, 5.41) is 4.57. The fourth-order valence-electron chi connectivity index (χ4n) is 5.20. The molecule has 38 heavy (non-hydrogen) atoms. The Balaban J connectivity index is 1.42. The lowest BCUT2D eigenvalue weighted by atomic mass is 10.0. The number of nitrogens with one attached hydrogen (secondary N) is 1. The molecule has 1 N–H and O–H groups in total. The fraction of sp³-hybridized carbons (Fsp3) is 0.267. The Labute approximate surface area is 231 Å². The van der Waals surface area contributed by atoms with Gasteiger partial charge in [0.15, 0.2) is 0 Å². The molecule has 1 saturated heterocycles. The number of hydrogen-bond acceptors (Lipinski definition) is 5. The van der Waals surface area contributed by atoms with Crippen molar-refractivity contribution < 1.29 is 14.3 Å². The molecule has 1 amide bonds. The maximum absolute atomic E-state index is 13.5. The molecule has 6 nitrogen and oxygen atoms in total. The Morgan fingerprint density at radius 2 is 1.79 bits per heavy atom. The molecule has 0 radical (unpaired) electrons. The Hall–Kier alpha value is -3.23. The predicted molar refractivity (Wildman–Crippen MR) is 152 cm³/mol. The highest BCUT2D eigenvalue weighted by Gasteiger charge is 2.27. The zero-order valence-corrected chi connectivity index (χ0v) is 22.4. The molecule has 0 bridgehead atoms. The van der Waals surface area contributed by atoms with E-state index < -0.39 is 0 Å². The number of morpholine rings is 1. The van der Waals surface area contributed by atoms with Crippen molar-refractivity contribution in [2.24, 2.45) is 0 Å². The van der Waals surface area contributed by atoms with E-state index in [-0.39, 0.29) is 11.9 Å². The molecule has 0 saturated carbocycles. The molecular weight excluding hydrogens is 518 g/mol. The molecule has 4 aromatic rings. The van der Waals surface area contributed by atoms with Gasteiger partial charge in [0.1, 0.15) is 12.4 Å². The highest BCUT2D eigenvalue weighted by atomic mass is 35.5. The highest BCUT2D eigenvalue weighted by Crippen LogP contribution is 2.38. The van der Waals surface area contributed by atoms with E-state index in [9.17, 15) is 4.79 Å². The Morgan fingerprint density at radius 3 is 2.55 bits per heavy atom. The number of carbonyl (C=O) groups is 1. The van der Waals surface area contributed by atoms with Crippen molar-refractivity contribution in [3.8, 4) is 5.75 Å². The van der Waals surface area contributed by atoms with Crippen LogP contribution in [-0.2, 0) is 17.8 Å². The highest BCUT2D eigenvalue weighted by molar-refractivity contribution is 7.71. The lowest BCUT2D eigenvalue weighted by Crippen LogP contribution is -2.35. The van der Waals surface area contributed by atoms with Gasteiger partial charge in [-0.25, -0.2) is 0 Å². The number of rotatable bonds is 6. The number of benzene rings is 3. The molecule has 0 aliphatic carbocycles. The van der Waals surface area contributed by atoms with Crippen molar-refractivity contribution in [1.82, 2.24) is 14.8 Å². The number of pyridine rings is 1. The first kappa shape index (κ1) is 25.1. The Morgan fingerprint density at radius 1 is 1.03 bits per heavy atom. The Kier molecular flexibility index (Phi) is 7.17. The van der Waals surface area contributed by atoms with Crippen LogP contribution in [0.15, 0.2) is 72.9 Å². The maximum atomic E-state index is 13.5. The monoisotopic (exact) mass is 545 g/mol. The number of carbonyl (C=O) groups excluding carboxylic acids is 1.